The first-order valence-electron chi connectivity index (χ1n) is 20.1. The molecule has 55 heavy (non-hydrogen) atoms. The van der Waals surface area contributed by atoms with Crippen LogP contribution in [0.5, 0.6) is 5.75 Å². The summed E-state index contributed by atoms with van der Waals surface area (Å²) >= 11 is 0. The van der Waals surface area contributed by atoms with Gasteiger partial charge in [0.05, 0.1) is 18.2 Å². The Morgan fingerprint density at radius 3 is 2.27 bits per heavy atom. The number of fused-ring (bicyclic) bond motifs is 9. The first kappa shape index (κ1) is 35.0. The Kier molecular flexibility index (Phi) is 7.96. The zero-order valence-electron chi connectivity index (χ0n) is 31.6. The van der Waals surface area contributed by atoms with E-state index in [-0.39, 0.29) is 42.3 Å². The minimum Gasteiger partial charge on any atom is -0.497 e. The molecule has 10 nitrogen and oxygen atoms in total. The first-order valence-corrected chi connectivity index (χ1v) is 21.6. The lowest BCUT2D eigenvalue weighted by atomic mass is 9.81. The number of aromatic nitrogens is 1. The first-order chi connectivity index (χ1) is 26.5. The summed E-state index contributed by atoms with van der Waals surface area (Å²) in [6.07, 6.45) is 8.73. The van der Waals surface area contributed by atoms with Gasteiger partial charge in [0.15, 0.2) is 10.5 Å². The number of rotatable bonds is 8. The molecular weight excluding hydrogens is 713 g/mol. The van der Waals surface area contributed by atoms with Crippen LogP contribution in [0.25, 0.3) is 22.2 Å². The molecule has 2 bridgehead atoms. The van der Waals surface area contributed by atoms with Crippen molar-refractivity contribution in [3.63, 3.8) is 0 Å². The highest BCUT2D eigenvalue weighted by Gasteiger charge is 2.66. The van der Waals surface area contributed by atoms with Gasteiger partial charge in [0.2, 0.25) is 15.9 Å². The Bertz CT molecular complexity index is 2370. The summed E-state index contributed by atoms with van der Waals surface area (Å²) in [5, 5.41) is 1.04. The van der Waals surface area contributed by atoms with Crippen LogP contribution in [0.2, 0.25) is 0 Å². The number of nitrogens with one attached hydrogen (secondary N) is 1. The molecule has 286 valence electrons. The average molecular weight is 761 g/mol. The monoisotopic (exact) mass is 760 g/mol. The lowest BCUT2D eigenvalue weighted by Crippen LogP contribution is -2.57. The van der Waals surface area contributed by atoms with Gasteiger partial charge in [-0.25, -0.2) is 13.1 Å². The Labute approximate surface area is 322 Å². The van der Waals surface area contributed by atoms with Gasteiger partial charge in [0.25, 0.3) is 5.91 Å². The molecule has 6 aliphatic rings. The number of amides is 2. The smallest absolute Gasteiger partial charge is 0.264 e. The summed E-state index contributed by atoms with van der Waals surface area (Å²) in [4.78, 5) is 47.2. The number of ketones is 1. The molecule has 0 radical (unpaired) electrons. The highest BCUT2D eigenvalue weighted by Crippen LogP contribution is 2.66. The number of methoxy groups -OCH3 is 1. The fourth-order valence-corrected chi connectivity index (χ4v) is 12.5. The maximum absolute atomic E-state index is 15.1. The van der Waals surface area contributed by atoms with E-state index in [4.69, 9.17) is 4.74 Å². The van der Waals surface area contributed by atoms with Crippen LogP contribution < -0.4 is 9.46 Å². The Balaban J connectivity index is 1.09. The standard InChI is InChI=1S/C44H48N4O6S/c1-46-24-30-14-15-31(25-46)48(30)42(51)43-23-36(43)35-22-32(54-2)16-18-33(35)39-38(27-9-5-3-6-10-27)34-17-13-29(21-37(34)47(39)26-43)41(50)45-55(52,53)44(19-20-44)40(49)28-11-7-4-8-12-28/h4,7-8,11-13,16-18,21-22,27,30-31,36H,3,5-6,9-10,14-15,19-20,23-26H2,1-2H3,(H,45,50). The summed E-state index contributed by atoms with van der Waals surface area (Å²) in [6, 6.07) is 20.6. The molecule has 3 saturated carbocycles. The molecule has 2 saturated heterocycles. The molecule has 1 aromatic heterocycles. The van der Waals surface area contributed by atoms with Crippen LogP contribution in [0.15, 0.2) is 66.7 Å². The van der Waals surface area contributed by atoms with Crippen LogP contribution in [0.3, 0.4) is 0 Å². The largest absolute Gasteiger partial charge is 0.497 e. The van der Waals surface area contributed by atoms with E-state index in [9.17, 15) is 18.0 Å². The van der Waals surface area contributed by atoms with E-state index in [1.807, 2.05) is 18.2 Å². The Hall–Kier alpha value is -4.48. The van der Waals surface area contributed by atoms with Gasteiger partial charge < -0.3 is 19.1 Å². The van der Waals surface area contributed by atoms with Gasteiger partial charge in [0, 0.05) is 65.2 Å². The number of likely N-dealkylation sites (N-methyl/N-ethyl adjacent to an activating group) is 1. The van der Waals surface area contributed by atoms with Crippen molar-refractivity contribution in [2.75, 3.05) is 27.2 Å². The molecular formula is C44H48N4O6S. The molecule has 11 heteroatoms. The normalized spacial score (nSPS) is 26.7. The van der Waals surface area contributed by atoms with E-state index in [0.29, 0.717) is 18.0 Å². The molecule has 4 atom stereocenters. The summed E-state index contributed by atoms with van der Waals surface area (Å²) in [6.45, 7) is 2.25. The van der Waals surface area contributed by atoms with E-state index >= 15 is 4.79 Å². The van der Waals surface area contributed by atoms with Gasteiger partial charge in [-0.2, -0.15) is 0 Å². The number of Topliss-reactive ketones (excluding diaryl/α,β-unsaturated/α-hetero) is 1. The van der Waals surface area contributed by atoms with Crippen molar-refractivity contribution in [3.05, 3.63) is 89.0 Å². The van der Waals surface area contributed by atoms with Crippen molar-refractivity contribution in [1.82, 2.24) is 19.1 Å². The van der Waals surface area contributed by atoms with Crippen molar-refractivity contribution in [3.8, 4) is 17.0 Å². The van der Waals surface area contributed by atoms with E-state index in [1.165, 1.54) is 12.0 Å². The molecule has 3 aliphatic heterocycles. The molecule has 1 N–H and O–H groups in total. The van der Waals surface area contributed by atoms with Gasteiger partial charge in [-0.05, 0) is 99.4 Å². The number of nitrogens with zero attached hydrogens (tertiary/aromatic N) is 3. The second-order valence-electron chi connectivity index (χ2n) is 17.2. The van der Waals surface area contributed by atoms with Crippen LogP contribution in [-0.2, 0) is 21.4 Å². The third-order valence-corrected chi connectivity index (χ3v) is 16.1. The van der Waals surface area contributed by atoms with Crippen molar-refractivity contribution in [2.45, 2.75) is 99.4 Å². The average Bonchev–Trinajstić information content (AvgIpc) is 4.11. The van der Waals surface area contributed by atoms with Crippen LogP contribution in [0.1, 0.15) is 108 Å². The SMILES string of the molecule is COc1ccc2c(c1)C1CC1(C(=O)N1C3CCC1CN(C)C3)Cn1c-2c(C2CCCCC2)c2ccc(C(=O)NS(=O)(=O)C3(C(=O)c4ccccc4)CC3)cc21. The predicted molar refractivity (Wildman–Crippen MR) is 210 cm³/mol. The maximum atomic E-state index is 15.1. The number of piperazine rings is 1. The van der Waals surface area contributed by atoms with Gasteiger partial charge in [0.1, 0.15) is 5.75 Å². The third kappa shape index (κ3) is 5.28. The topological polar surface area (TPSA) is 118 Å². The molecule has 5 fully saturated rings. The second kappa shape index (κ2) is 12.5. The van der Waals surface area contributed by atoms with Crippen LogP contribution in [-0.4, -0.2) is 84.5 Å². The number of hydrogen-bond donors (Lipinski definition) is 1. The van der Waals surface area contributed by atoms with E-state index in [2.05, 4.69) is 38.3 Å². The number of sulfonamides is 1. The van der Waals surface area contributed by atoms with Crippen LogP contribution in [0, 0.1) is 5.41 Å². The lowest BCUT2D eigenvalue weighted by Gasteiger charge is -2.41. The fraction of sp³-hybridized carbons (Fsp3) is 0.477. The summed E-state index contributed by atoms with van der Waals surface area (Å²) < 4.78 is 36.4. The molecule has 10 rings (SSSR count). The van der Waals surface area contributed by atoms with Crippen LogP contribution in [0.4, 0.5) is 0 Å². The summed E-state index contributed by atoms with van der Waals surface area (Å²) in [5.74, 6) is 0.110. The number of carbonyl (C=O) groups excluding carboxylic acids is 3. The second-order valence-corrected chi connectivity index (χ2v) is 19.2. The number of ether oxygens (including phenoxy) is 1. The highest BCUT2D eigenvalue weighted by molar-refractivity contribution is 7.92. The van der Waals surface area contributed by atoms with Crippen molar-refractivity contribution in [1.29, 1.82) is 0 Å². The summed E-state index contributed by atoms with van der Waals surface area (Å²) in [5.41, 5.74) is 5.34. The van der Waals surface area contributed by atoms with Gasteiger partial charge in [-0.3, -0.25) is 14.4 Å². The van der Waals surface area contributed by atoms with Crippen LogP contribution >= 0.6 is 0 Å². The fourth-order valence-electron chi connectivity index (χ4n) is 11.0. The zero-order valence-corrected chi connectivity index (χ0v) is 32.4. The minimum absolute atomic E-state index is 0.0341. The Morgan fingerprint density at radius 2 is 1.58 bits per heavy atom. The molecule has 4 heterocycles. The third-order valence-electron chi connectivity index (χ3n) is 14.0. The molecule has 4 unspecified atom stereocenters. The van der Waals surface area contributed by atoms with Crippen molar-refractivity contribution in [2.24, 2.45) is 5.41 Å². The molecule has 4 aromatic rings. The zero-order chi connectivity index (χ0) is 37.9. The van der Waals surface area contributed by atoms with E-state index in [1.54, 1.807) is 43.5 Å². The minimum atomic E-state index is -4.34. The molecule has 2 amide bonds. The lowest BCUT2D eigenvalue weighted by molar-refractivity contribution is -0.143. The predicted octanol–water partition coefficient (Wildman–Crippen LogP) is 6.63. The quantitative estimate of drug-likeness (QED) is 0.201. The molecule has 0 spiro atoms. The van der Waals surface area contributed by atoms with Gasteiger partial charge in [-0.1, -0.05) is 55.7 Å². The maximum Gasteiger partial charge on any atom is 0.264 e. The molecule has 3 aromatic carbocycles. The van der Waals surface area contributed by atoms with Crippen molar-refractivity contribution >= 4 is 38.5 Å². The van der Waals surface area contributed by atoms with E-state index < -0.39 is 31.9 Å². The van der Waals surface area contributed by atoms with E-state index in [0.717, 1.165) is 91.5 Å². The van der Waals surface area contributed by atoms with Gasteiger partial charge in [-0.15, -0.1) is 0 Å². The molecule has 3 aliphatic carbocycles. The van der Waals surface area contributed by atoms with Crippen molar-refractivity contribution < 1.29 is 27.5 Å². The number of carbonyl (C=O) groups is 3. The Morgan fingerprint density at radius 1 is 0.855 bits per heavy atom. The number of hydrogen-bond acceptors (Lipinski definition) is 7. The summed E-state index contributed by atoms with van der Waals surface area (Å²) in [7, 11) is -0.510. The van der Waals surface area contributed by atoms with Gasteiger partial charge >= 0.3 is 0 Å². The number of benzene rings is 3. The highest BCUT2D eigenvalue weighted by atomic mass is 32.2. The number of likely N-dealkylation sites (tertiary alicyclic amines) is 1.